The van der Waals surface area contributed by atoms with Gasteiger partial charge in [0.25, 0.3) is 0 Å². The van der Waals surface area contributed by atoms with Crippen LogP contribution in [0, 0.1) is 0 Å². The third kappa shape index (κ3) is 1.99. The molecule has 96 valence electrons. The molecule has 0 aliphatic carbocycles. The molecule has 0 amide bonds. The lowest BCUT2D eigenvalue weighted by Gasteiger charge is -2.14. The molecule has 0 saturated carbocycles. The normalized spacial score (nSPS) is 11.3. The Morgan fingerprint density at radius 1 is 1.44 bits per heavy atom. The zero-order chi connectivity index (χ0) is 13.3. The highest BCUT2D eigenvalue weighted by Crippen LogP contribution is 2.27. The lowest BCUT2D eigenvalue weighted by atomic mass is 10.1. The predicted octanol–water partition coefficient (Wildman–Crippen LogP) is 2.64. The number of rotatable bonds is 4. The molecular weight excluding hydrogens is 228 g/mol. The number of carboxylic acids is 1. The first-order chi connectivity index (χ1) is 8.56. The molecule has 0 radical (unpaired) electrons. The SMILES string of the molecule is CNCc1cc2c(C(=O)O)cccc2n1C(C)C. The van der Waals surface area contributed by atoms with Crippen molar-refractivity contribution in [2.24, 2.45) is 0 Å². The van der Waals surface area contributed by atoms with Crippen LogP contribution >= 0.6 is 0 Å². The molecule has 2 aromatic rings. The first kappa shape index (κ1) is 12.6. The second kappa shape index (κ2) is 4.82. The lowest BCUT2D eigenvalue weighted by Crippen LogP contribution is -2.12. The van der Waals surface area contributed by atoms with E-state index in [9.17, 15) is 9.90 Å². The smallest absolute Gasteiger partial charge is 0.336 e. The number of nitrogens with zero attached hydrogens (tertiary/aromatic N) is 1. The Labute approximate surface area is 106 Å². The maximum Gasteiger partial charge on any atom is 0.336 e. The van der Waals surface area contributed by atoms with Crippen LogP contribution in [0.25, 0.3) is 10.9 Å². The van der Waals surface area contributed by atoms with E-state index in [1.165, 1.54) is 0 Å². The van der Waals surface area contributed by atoms with Crippen LogP contribution in [0.15, 0.2) is 24.3 Å². The first-order valence-corrected chi connectivity index (χ1v) is 6.07. The number of nitrogens with one attached hydrogen (secondary N) is 1. The van der Waals surface area contributed by atoms with Crippen molar-refractivity contribution in [3.05, 3.63) is 35.5 Å². The van der Waals surface area contributed by atoms with Crippen molar-refractivity contribution in [2.75, 3.05) is 7.05 Å². The molecule has 1 heterocycles. The van der Waals surface area contributed by atoms with Crippen molar-refractivity contribution in [1.82, 2.24) is 9.88 Å². The van der Waals surface area contributed by atoms with Gasteiger partial charge >= 0.3 is 5.97 Å². The Kier molecular flexibility index (Phi) is 3.39. The molecule has 0 aliphatic heterocycles. The summed E-state index contributed by atoms with van der Waals surface area (Å²) in [5, 5.41) is 13.2. The van der Waals surface area contributed by atoms with Crippen LogP contribution in [0.2, 0.25) is 0 Å². The van der Waals surface area contributed by atoms with Crippen LogP contribution in [0.3, 0.4) is 0 Å². The molecule has 0 atom stereocenters. The van der Waals surface area contributed by atoms with Gasteiger partial charge in [-0.2, -0.15) is 0 Å². The summed E-state index contributed by atoms with van der Waals surface area (Å²) in [5.74, 6) is -0.877. The summed E-state index contributed by atoms with van der Waals surface area (Å²) in [5.41, 5.74) is 2.45. The van der Waals surface area contributed by atoms with Crippen LogP contribution in [0.5, 0.6) is 0 Å². The van der Waals surface area contributed by atoms with E-state index in [0.29, 0.717) is 11.6 Å². The molecule has 1 aromatic heterocycles. The van der Waals surface area contributed by atoms with E-state index in [2.05, 4.69) is 23.7 Å². The third-order valence-corrected chi connectivity index (χ3v) is 3.07. The molecule has 2 N–H and O–H groups in total. The van der Waals surface area contributed by atoms with Gasteiger partial charge < -0.3 is 15.0 Å². The number of aromatic nitrogens is 1. The van der Waals surface area contributed by atoms with Gasteiger partial charge in [0.1, 0.15) is 0 Å². The van der Waals surface area contributed by atoms with E-state index in [1.807, 2.05) is 19.2 Å². The third-order valence-electron chi connectivity index (χ3n) is 3.07. The Morgan fingerprint density at radius 3 is 2.72 bits per heavy atom. The number of aromatic carboxylic acids is 1. The van der Waals surface area contributed by atoms with Gasteiger partial charge in [-0.3, -0.25) is 0 Å². The molecule has 0 fully saturated rings. The minimum atomic E-state index is -0.877. The van der Waals surface area contributed by atoms with Crippen LogP contribution in [-0.2, 0) is 6.54 Å². The summed E-state index contributed by atoms with van der Waals surface area (Å²) < 4.78 is 2.18. The second-order valence-electron chi connectivity index (χ2n) is 4.67. The van der Waals surface area contributed by atoms with E-state index < -0.39 is 5.97 Å². The highest BCUT2D eigenvalue weighted by molar-refractivity contribution is 6.03. The summed E-state index contributed by atoms with van der Waals surface area (Å²) >= 11 is 0. The van der Waals surface area contributed by atoms with Crippen molar-refractivity contribution in [1.29, 1.82) is 0 Å². The number of carboxylic acid groups (broad SMARTS) is 1. The summed E-state index contributed by atoms with van der Waals surface area (Å²) in [6, 6.07) is 7.69. The molecule has 0 aliphatic rings. The maximum atomic E-state index is 11.2. The largest absolute Gasteiger partial charge is 0.478 e. The fourth-order valence-electron chi connectivity index (χ4n) is 2.42. The standard InChI is InChI=1S/C14H18N2O2/c1-9(2)16-10(8-15-3)7-12-11(14(17)18)5-4-6-13(12)16/h4-7,9,15H,8H2,1-3H3,(H,17,18). The van der Waals surface area contributed by atoms with E-state index >= 15 is 0 Å². The molecule has 2 rings (SSSR count). The van der Waals surface area contributed by atoms with Crippen LogP contribution < -0.4 is 5.32 Å². The van der Waals surface area contributed by atoms with Gasteiger partial charge in [-0.25, -0.2) is 4.79 Å². The van der Waals surface area contributed by atoms with Crippen LogP contribution in [0.4, 0.5) is 0 Å². The highest BCUT2D eigenvalue weighted by atomic mass is 16.4. The molecule has 0 saturated heterocycles. The van der Waals surface area contributed by atoms with E-state index in [4.69, 9.17) is 0 Å². The van der Waals surface area contributed by atoms with Gasteiger partial charge in [0.2, 0.25) is 0 Å². The molecule has 0 unspecified atom stereocenters. The number of hydrogen-bond acceptors (Lipinski definition) is 2. The molecule has 18 heavy (non-hydrogen) atoms. The number of carbonyl (C=O) groups is 1. The zero-order valence-electron chi connectivity index (χ0n) is 10.9. The number of fused-ring (bicyclic) bond motifs is 1. The van der Waals surface area contributed by atoms with E-state index in [0.717, 1.165) is 23.1 Å². The van der Waals surface area contributed by atoms with E-state index in [1.54, 1.807) is 12.1 Å². The van der Waals surface area contributed by atoms with E-state index in [-0.39, 0.29) is 0 Å². The topological polar surface area (TPSA) is 54.3 Å². The fourth-order valence-corrected chi connectivity index (χ4v) is 2.42. The molecule has 0 spiro atoms. The molecule has 4 nitrogen and oxygen atoms in total. The van der Waals surface area contributed by atoms with Crippen molar-refractivity contribution in [3.63, 3.8) is 0 Å². The second-order valence-corrected chi connectivity index (χ2v) is 4.67. The Balaban J connectivity index is 2.75. The Morgan fingerprint density at radius 2 is 2.17 bits per heavy atom. The average Bonchev–Trinajstić information content (AvgIpc) is 2.66. The minimum absolute atomic E-state index is 0.301. The monoisotopic (exact) mass is 246 g/mol. The van der Waals surface area contributed by atoms with Gasteiger partial charge in [0, 0.05) is 29.2 Å². The van der Waals surface area contributed by atoms with Crippen molar-refractivity contribution >= 4 is 16.9 Å². The summed E-state index contributed by atoms with van der Waals surface area (Å²) in [6.45, 7) is 4.93. The van der Waals surface area contributed by atoms with Crippen molar-refractivity contribution < 1.29 is 9.90 Å². The van der Waals surface area contributed by atoms with Gasteiger partial charge in [-0.05, 0) is 39.1 Å². The number of hydrogen-bond donors (Lipinski definition) is 2. The van der Waals surface area contributed by atoms with Crippen molar-refractivity contribution in [3.8, 4) is 0 Å². The van der Waals surface area contributed by atoms with Gasteiger partial charge in [-0.1, -0.05) is 6.07 Å². The van der Waals surface area contributed by atoms with Crippen molar-refractivity contribution in [2.45, 2.75) is 26.4 Å². The highest BCUT2D eigenvalue weighted by Gasteiger charge is 2.15. The zero-order valence-corrected chi connectivity index (χ0v) is 10.9. The van der Waals surface area contributed by atoms with Gasteiger partial charge in [-0.15, -0.1) is 0 Å². The molecule has 4 heteroatoms. The summed E-state index contributed by atoms with van der Waals surface area (Å²) in [7, 11) is 1.89. The molecular formula is C14H18N2O2. The minimum Gasteiger partial charge on any atom is -0.478 e. The average molecular weight is 246 g/mol. The summed E-state index contributed by atoms with van der Waals surface area (Å²) in [6.07, 6.45) is 0. The summed E-state index contributed by atoms with van der Waals surface area (Å²) in [4.78, 5) is 11.2. The molecule has 0 bridgehead atoms. The lowest BCUT2D eigenvalue weighted by molar-refractivity contribution is 0.0699. The maximum absolute atomic E-state index is 11.2. The quantitative estimate of drug-likeness (QED) is 0.872. The molecule has 1 aromatic carbocycles. The fraction of sp³-hybridized carbons (Fsp3) is 0.357. The Hall–Kier alpha value is -1.81. The number of benzene rings is 1. The van der Waals surface area contributed by atoms with Gasteiger partial charge in [0.05, 0.1) is 5.56 Å². The first-order valence-electron chi connectivity index (χ1n) is 6.07. The predicted molar refractivity (Wildman–Crippen MR) is 72.0 cm³/mol. The Bertz CT molecular complexity index is 585. The van der Waals surface area contributed by atoms with Gasteiger partial charge in [0.15, 0.2) is 0 Å². The van der Waals surface area contributed by atoms with Crippen LogP contribution in [0.1, 0.15) is 35.9 Å². The van der Waals surface area contributed by atoms with Crippen LogP contribution in [-0.4, -0.2) is 22.7 Å².